The molecular weight excluding hydrogens is 514 g/mol. The molecule has 0 aliphatic heterocycles. The van der Waals surface area contributed by atoms with Crippen molar-refractivity contribution in [3.63, 3.8) is 0 Å². The first-order chi connectivity index (χ1) is 18.7. The highest BCUT2D eigenvalue weighted by Gasteiger charge is 2.45. The molecule has 10 heteroatoms. The molecule has 1 amide bonds. The summed E-state index contributed by atoms with van der Waals surface area (Å²) in [5, 5.41) is 26.8. The van der Waals surface area contributed by atoms with Gasteiger partial charge < -0.3 is 20.1 Å². The molecule has 2 fully saturated rings. The number of nitriles is 1. The van der Waals surface area contributed by atoms with Crippen molar-refractivity contribution in [1.82, 2.24) is 19.4 Å². The fourth-order valence-electron chi connectivity index (χ4n) is 5.04. The van der Waals surface area contributed by atoms with E-state index in [0.717, 1.165) is 22.5 Å². The lowest BCUT2D eigenvalue weighted by Gasteiger charge is -2.19. The lowest BCUT2D eigenvalue weighted by atomic mass is 9.97. The minimum absolute atomic E-state index is 0.0398. The van der Waals surface area contributed by atoms with Crippen LogP contribution in [0.3, 0.4) is 0 Å². The predicted molar refractivity (Wildman–Crippen MR) is 147 cm³/mol. The van der Waals surface area contributed by atoms with E-state index >= 15 is 0 Å². The fraction of sp³-hybridized carbons (Fsp3) is 0.345. The molecule has 3 aromatic heterocycles. The van der Waals surface area contributed by atoms with Gasteiger partial charge in [0.2, 0.25) is 5.91 Å². The molecule has 6 rings (SSSR count). The van der Waals surface area contributed by atoms with E-state index in [-0.39, 0.29) is 17.7 Å². The predicted octanol–water partition coefficient (Wildman–Crippen LogP) is 5.11. The maximum atomic E-state index is 12.9. The number of rotatable bonds is 8. The molecule has 0 bridgehead atoms. The minimum Gasteiger partial charge on any atom is -0.386 e. The summed E-state index contributed by atoms with van der Waals surface area (Å²) in [4.78, 5) is 26.1. The molecule has 2 atom stereocenters. The van der Waals surface area contributed by atoms with Crippen molar-refractivity contribution in [3.8, 4) is 6.07 Å². The second-order valence-corrected chi connectivity index (χ2v) is 11.3. The number of aromatic nitrogens is 4. The summed E-state index contributed by atoms with van der Waals surface area (Å²) >= 11 is 6.12. The van der Waals surface area contributed by atoms with Crippen LogP contribution in [-0.2, 0) is 16.9 Å². The van der Waals surface area contributed by atoms with E-state index in [4.69, 9.17) is 16.6 Å². The average molecular weight is 542 g/mol. The number of amides is 1. The number of hydrogen-bond acceptors (Lipinski definition) is 7. The third-order valence-electron chi connectivity index (χ3n) is 7.36. The molecule has 0 spiro atoms. The van der Waals surface area contributed by atoms with Crippen LogP contribution in [0.15, 0.2) is 49.1 Å². The summed E-state index contributed by atoms with van der Waals surface area (Å²) in [6.45, 7) is 3.97. The number of hydrogen-bond donors (Lipinski definition) is 3. The Morgan fingerprint density at radius 3 is 2.74 bits per heavy atom. The summed E-state index contributed by atoms with van der Waals surface area (Å²) in [7, 11) is 0. The van der Waals surface area contributed by atoms with Gasteiger partial charge in [-0.3, -0.25) is 4.79 Å². The molecule has 0 saturated heterocycles. The van der Waals surface area contributed by atoms with Gasteiger partial charge in [0, 0.05) is 35.0 Å². The van der Waals surface area contributed by atoms with Crippen LogP contribution in [0, 0.1) is 17.2 Å². The standard InChI is InChI=1S/C29H28ClN7O2/c1-29(2,39)24-7-18(16-3-4-16)13-37-14-20(35-27(24)37)12-32-25-10-26(34-15-33-25)36-28(38)23-9-22(23)21-8-19(30)6-5-17(21)11-31/h5-8,10,13-16,22-23,39H,3-4,9,12H2,1-2H3,(H2,32,33,34,36,38)/t22-,23+/m1/s1. The van der Waals surface area contributed by atoms with Crippen molar-refractivity contribution >= 4 is 34.8 Å². The van der Waals surface area contributed by atoms with Crippen molar-refractivity contribution in [3.05, 3.63) is 82.0 Å². The van der Waals surface area contributed by atoms with Gasteiger partial charge in [-0.2, -0.15) is 5.26 Å². The van der Waals surface area contributed by atoms with E-state index in [0.29, 0.717) is 41.1 Å². The minimum atomic E-state index is -1.01. The van der Waals surface area contributed by atoms with Gasteiger partial charge in [-0.05, 0) is 80.3 Å². The van der Waals surface area contributed by atoms with E-state index < -0.39 is 5.60 Å². The Labute approximate surface area is 230 Å². The number of imidazole rings is 1. The Hall–Kier alpha value is -4.00. The van der Waals surface area contributed by atoms with Crippen LogP contribution >= 0.6 is 11.6 Å². The normalized spacial score (nSPS) is 18.5. The fourth-order valence-corrected chi connectivity index (χ4v) is 5.22. The number of fused-ring (bicyclic) bond motifs is 1. The molecule has 2 saturated carbocycles. The summed E-state index contributed by atoms with van der Waals surface area (Å²) in [6.07, 6.45) is 8.47. The lowest BCUT2D eigenvalue weighted by molar-refractivity contribution is -0.117. The van der Waals surface area contributed by atoms with Gasteiger partial charge in [-0.25, -0.2) is 15.0 Å². The van der Waals surface area contributed by atoms with Crippen molar-refractivity contribution < 1.29 is 9.90 Å². The Bertz CT molecular complexity index is 1630. The van der Waals surface area contributed by atoms with E-state index in [9.17, 15) is 15.2 Å². The zero-order chi connectivity index (χ0) is 27.3. The topological polar surface area (TPSA) is 128 Å². The van der Waals surface area contributed by atoms with Crippen LogP contribution in [0.2, 0.25) is 5.02 Å². The van der Waals surface area contributed by atoms with Crippen LogP contribution in [0.1, 0.15) is 72.9 Å². The molecule has 4 aromatic rings. The van der Waals surface area contributed by atoms with Crippen LogP contribution in [-0.4, -0.2) is 30.4 Å². The van der Waals surface area contributed by atoms with Gasteiger partial charge in [0.15, 0.2) is 0 Å². The smallest absolute Gasteiger partial charge is 0.229 e. The first-order valence-electron chi connectivity index (χ1n) is 13.0. The number of nitrogens with one attached hydrogen (secondary N) is 2. The maximum absolute atomic E-state index is 12.9. The second-order valence-electron chi connectivity index (χ2n) is 10.9. The average Bonchev–Trinajstić information content (AvgIpc) is 3.83. The highest BCUT2D eigenvalue weighted by Crippen LogP contribution is 2.49. The van der Waals surface area contributed by atoms with Crippen LogP contribution < -0.4 is 10.6 Å². The SMILES string of the molecule is CC(C)(O)c1cc(C2CC2)cn2cc(CNc3cc(NC(=O)[C@H]4C[C@@H]4c4cc(Cl)ccc4C#N)ncn3)nc12. The highest BCUT2D eigenvalue weighted by atomic mass is 35.5. The Balaban J connectivity index is 1.13. The van der Waals surface area contributed by atoms with Gasteiger partial charge >= 0.3 is 0 Å². The summed E-state index contributed by atoms with van der Waals surface area (Å²) in [6, 6.07) is 11.1. The van der Waals surface area contributed by atoms with Gasteiger partial charge in [0.05, 0.1) is 29.5 Å². The lowest BCUT2D eigenvalue weighted by Crippen LogP contribution is -2.17. The monoisotopic (exact) mass is 541 g/mol. The summed E-state index contributed by atoms with van der Waals surface area (Å²) < 4.78 is 1.99. The number of benzene rings is 1. The molecule has 1 aromatic carbocycles. The first kappa shape index (κ1) is 25.3. The number of carbonyl (C=O) groups excluding carboxylic acids is 1. The van der Waals surface area contributed by atoms with Crippen LogP contribution in [0.25, 0.3) is 5.65 Å². The molecule has 0 radical (unpaired) electrons. The Morgan fingerprint density at radius 2 is 2.00 bits per heavy atom. The quantitative estimate of drug-likeness (QED) is 0.283. The molecule has 3 N–H and O–H groups in total. The number of aliphatic hydroxyl groups is 1. The van der Waals surface area contributed by atoms with Gasteiger partial charge in [0.25, 0.3) is 0 Å². The number of nitrogens with zero attached hydrogens (tertiary/aromatic N) is 5. The first-order valence-corrected chi connectivity index (χ1v) is 13.4. The van der Waals surface area contributed by atoms with Crippen molar-refractivity contribution in [2.24, 2.45) is 5.92 Å². The third kappa shape index (κ3) is 5.31. The molecule has 39 heavy (non-hydrogen) atoms. The molecule has 198 valence electrons. The Morgan fingerprint density at radius 1 is 1.21 bits per heavy atom. The van der Waals surface area contributed by atoms with Crippen molar-refractivity contribution in [1.29, 1.82) is 5.26 Å². The largest absolute Gasteiger partial charge is 0.386 e. The number of anilines is 2. The third-order valence-corrected chi connectivity index (χ3v) is 7.59. The molecule has 3 heterocycles. The summed E-state index contributed by atoms with van der Waals surface area (Å²) in [5.74, 6) is 1.06. The second kappa shape index (κ2) is 9.63. The number of pyridine rings is 1. The van der Waals surface area contributed by atoms with E-state index in [1.807, 2.05) is 10.6 Å². The molecule has 0 unspecified atom stereocenters. The van der Waals surface area contributed by atoms with E-state index in [2.05, 4.69) is 38.9 Å². The van der Waals surface area contributed by atoms with Gasteiger partial charge in [-0.15, -0.1) is 0 Å². The van der Waals surface area contributed by atoms with Gasteiger partial charge in [-0.1, -0.05) is 11.6 Å². The number of carbonyl (C=O) groups is 1. The zero-order valence-corrected chi connectivity index (χ0v) is 22.4. The summed E-state index contributed by atoms with van der Waals surface area (Å²) in [5.41, 5.74) is 3.91. The van der Waals surface area contributed by atoms with Crippen molar-refractivity contribution in [2.75, 3.05) is 10.6 Å². The van der Waals surface area contributed by atoms with Crippen molar-refractivity contribution in [2.45, 2.75) is 57.1 Å². The highest BCUT2D eigenvalue weighted by molar-refractivity contribution is 6.30. The van der Waals surface area contributed by atoms with E-state index in [1.54, 1.807) is 38.1 Å². The maximum Gasteiger partial charge on any atom is 0.229 e. The number of halogens is 1. The van der Waals surface area contributed by atoms with E-state index in [1.165, 1.54) is 24.7 Å². The van der Waals surface area contributed by atoms with Crippen LogP contribution in [0.4, 0.5) is 11.6 Å². The molecular formula is C29H28ClN7O2. The molecule has 2 aliphatic rings. The zero-order valence-electron chi connectivity index (χ0n) is 21.6. The molecule has 2 aliphatic carbocycles. The van der Waals surface area contributed by atoms with Gasteiger partial charge in [0.1, 0.15) is 23.6 Å². The Kier molecular flexibility index (Phi) is 6.25. The molecule has 9 nitrogen and oxygen atoms in total. The van der Waals surface area contributed by atoms with Crippen LogP contribution in [0.5, 0.6) is 0 Å².